The van der Waals surface area contributed by atoms with E-state index >= 15 is 0 Å². The quantitative estimate of drug-likeness (QED) is 0.719. The third-order valence-electron chi connectivity index (χ3n) is 2.67. The molecule has 0 aliphatic carbocycles. The summed E-state index contributed by atoms with van der Waals surface area (Å²) in [5.41, 5.74) is 6.04. The molecule has 1 aromatic rings. The molecule has 1 aromatic carbocycles. The lowest BCUT2D eigenvalue weighted by Crippen LogP contribution is -2.30. The van der Waals surface area contributed by atoms with E-state index in [2.05, 4.69) is 0 Å². The largest absolute Gasteiger partial charge is 0.484 e. The minimum Gasteiger partial charge on any atom is -0.484 e. The van der Waals surface area contributed by atoms with Crippen molar-refractivity contribution < 1.29 is 14.2 Å². The van der Waals surface area contributed by atoms with Gasteiger partial charge in [-0.2, -0.15) is 0 Å². The summed E-state index contributed by atoms with van der Waals surface area (Å²) in [6.45, 7) is 1.16. The number of anilines is 1. The zero-order chi connectivity index (χ0) is 11.7. The van der Waals surface area contributed by atoms with Gasteiger partial charge >= 0.3 is 0 Å². The second kappa shape index (κ2) is 4.27. The van der Waals surface area contributed by atoms with Crippen LogP contribution in [0, 0.1) is 5.82 Å². The zero-order valence-electron chi connectivity index (χ0n) is 9.06. The van der Waals surface area contributed by atoms with Gasteiger partial charge in [-0.1, -0.05) is 0 Å². The average Bonchev–Trinajstić information content (AvgIpc) is 2.51. The van der Waals surface area contributed by atoms with E-state index < -0.39 is 11.9 Å². The van der Waals surface area contributed by atoms with E-state index in [-0.39, 0.29) is 6.10 Å². The van der Waals surface area contributed by atoms with Crippen molar-refractivity contribution in [2.24, 2.45) is 0 Å². The maximum absolute atomic E-state index is 13.0. The van der Waals surface area contributed by atoms with Crippen molar-refractivity contribution in [2.75, 3.05) is 25.9 Å². The van der Waals surface area contributed by atoms with Gasteiger partial charge in [0.15, 0.2) is 0 Å². The zero-order valence-corrected chi connectivity index (χ0v) is 9.06. The summed E-state index contributed by atoms with van der Waals surface area (Å²) in [4.78, 5) is 1.95. The SMILES string of the molecule is CN1C[C@@H](O)[C@H](Oc2cc(F)ccc2N)C1. The minimum atomic E-state index is -0.562. The molecule has 4 nitrogen and oxygen atoms in total. The first-order valence-electron chi connectivity index (χ1n) is 5.14. The topological polar surface area (TPSA) is 58.7 Å². The summed E-state index contributed by atoms with van der Waals surface area (Å²) in [5.74, 6) is -0.107. The summed E-state index contributed by atoms with van der Waals surface area (Å²) < 4.78 is 18.5. The molecule has 1 heterocycles. The molecule has 0 bridgehead atoms. The highest BCUT2D eigenvalue weighted by molar-refractivity contribution is 5.52. The molecular formula is C11H15FN2O2. The molecule has 0 spiro atoms. The molecule has 1 aliphatic heterocycles. The number of nitrogen functional groups attached to an aromatic ring is 1. The lowest BCUT2D eigenvalue weighted by molar-refractivity contribution is 0.0740. The molecule has 0 aromatic heterocycles. The van der Waals surface area contributed by atoms with Crippen LogP contribution in [-0.2, 0) is 0 Å². The number of nitrogens with zero attached hydrogens (tertiary/aromatic N) is 1. The van der Waals surface area contributed by atoms with Crippen LogP contribution in [0.2, 0.25) is 0 Å². The van der Waals surface area contributed by atoms with Crippen molar-refractivity contribution in [2.45, 2.75) is 12.2 Å². The van der Waals surface area contributed by atoms with Crippen molar-refractivity contribution in [1.82, 2.24) is 4.90 Å². The predicted octanol–water partition coefficient (Wildman–Crippen LogP) is 0.462. The summed E-state index contributed by atoms with van der Waals surface area (Å²) in [6, 6.07) is 3.97. The Bertz CT molecular complexity index is 386. The van der Waals surface area contributed by atoms with Crippen LogP contribution in [0.4, 0.5) is 10.1 Å². The van der Waals surface area contributed by atoms with Gasteiger partial charge in [-0.3, -0.25) is 4.90 Å². The second-order valence-corrected chi connectivity index (χ2v) is 4.13. The standard InChI is InChI=1S/C11H15FN2O2/c1-14-5-9(15)11(6-14)16-10-4-7(12)2-3-8(10)13/h2-4,9,11,15H,5-6,13H2,1H3/t9-,11-/m1/s1. The molecule has 0 amide bonds. The Morgan fingerprint density at radius 2 is 2.25 bits per heavy atom. The molecule has 5 heteroatoms. The first kappa shape index (κ1) is 11.2. The fourth-order valence-corrected chi connectivity index (χ4v) is 1.83. The van der Waals surface area contributed by atoms with Gasteiger partial charge in [-0.25, -0.2) is 4.39 Å². The van der Waals surface area contributed by atoms with E-state index in [1.54, 1.807) is 0 Å². The van der Waals surface area contributed by atoms with Gasteiger partial charge in [-0.15, -0.1) is 0 Å². The predicted molar refractivity (Wildman–Crippen MR) is 58.7 cm³/mol. The number of halogens is 1. The third kappa shape index (κ3) is 2.25. The fraction of sp³-hybridized carbons (Fsp3) is 0.455. The Hall–Kier alpha value is -1.33. The van der Waals surface area contributed by atoms with E-state index in [0.717, 1.165) is 0 Å². The number of nitrogens with two attached hydrogens (primary N) is 1. The molecule has 16 heavy (non-hydrogen) atoms. The van der Waals surface area contributed by atoms with Crippen LogP contribution in [0.25, 0.3) is 0 Å². The Labute approximate surface area is 93.4 Å². The first-order valence-corrected chi connectivity index (χ1v) is 5.14. The number of hydrogen-bond donors (Lipinski definition) is 2. The Kier molecular flexibility index (Phi) is 2.98. The van der Waals surface area contributed by atoms with Crippen LogP contribution in [0.3, 0.4) is 0 Å². The maximum atomic E-state index is 13.0. The van der Waals surface area contributed by atoms with Gasteiger partial charge in [0.1, 0.15) is 23.8 Å². The number of benzene rings is 1. The number of likely N-dealkylation sites (tertiary alicyclic amines) is 1. The summed E-state index contributed by atoms with van der Waals surface area (Å²) >= 11 is 0. The lowest BCUT2D eigenvalue weighted by Gasteiger charge is -2.17. The van der Waals surface area contributed by atoms with Gasteiger partial charge < -0.3 is 15.6 Å². The Balaban J connectivity index is 2.11. The molecule has 1 saturated heterocycles. The number of ether oxygens (including phenoxy) is 1. The highest BCUT2D eigenvalue weighted by atomic mass is 19.1. The monoisotopic (exact) mass is 226 g/mol. The van der Waals surface area contributed by atoms with Crippen molar-refractivity contribution in [3.05, 3.63) is 24.0 Å². The van der Waals surface area contributed by atoms with Crippen LogP contribution in [0.1, 0.15) is 0 Å². The molecule has 2 atom stereocenters. The molecule has 2 rings (SSSR count). The molecule has 0 saturated carbocycles. The van der Waals surface area contributed by atoms with Crippen LogP contribution in [0.15, 0.2) is 18.2 Å². The van der Waals surface area contributed by atoms with Crippen LogP contribution >= 0.6 is 0 Å². The number of aliphatic hydroxyl groups is 1. The van der Waals surface area contributed by atoms with E-state index in [4.69, 9.17) is 10.5 Å². The number of rotatable bonds is 2. The molecule has 0 radical (unpaired) electrons. The van der Waals surface area contributed by atoms with Gasteiger partial charge in [0.2, 0.25) is 0 Å². The van der Waals surface area contributed by atoms with Crippen LogP contribution < -0.4 is 10.5 Å². The lowest BCUT2D eigenvalue weighted by atomic mass is 10.2. The normalized spacial score (nSPS) is 25.9. The highest BCUT2D eigenvalue weighted by Crippen LogP contribution is 2.25. The molecule has 1 fully saturated rings. The number of β-amino-alcohol motifs (C(OH)–C–C–N with tert-alkyl or cyclic N) is 1. The van der Waals surface area contributed by atoms with Gasteiger partial charge in [-0.05, 0) is 19.2 Å². The van der Waals surface area contributed by atoms with Crippen LogP contribution in [0.5, 0.6) is 5.75 Å². The Morgan fingerprint density at radius 1 is 1.50 bits per heavy atom. The van der Waals surface area contributed by atoms with Gasteiger partial charge in [0.25, 0.3) is 0 Å². The van der Waals surface area contributed by atoms with Crippen molar-refractivity contribution in [3.8, 4) is 5.75 Å². The summed E-state index contributed by atoms with van der Waals surface area (Å²) in [7, 11) is 1.89. The summed E-state index contributed by atoms with van der Waals surface area (Å²) in [6.07, 6.45) is -0.915. The minimum absolute atomic E-state index is 0.291. The first-order chi connectivity index (χ1) is 7.56. The van der Waals surface area contributed by atoms with E-state index in [1.807, 2.05) is 11.9 Å². The highest BCUT2D eigenvalue weighted by Gasteiger charge is 2.31. The van der Waals surface area contributed by atoms with Crippen molar-refractivity contribution >= 4 is 5.69 Å². The Morgan fingerprint density at radius 3 is 2.88 bits per heavy atom. The van der Waals surface area contributed by atoms with Gasteiger partial charge in [0.05, 0.1) is 5.69 Å². The molecule has 0 unspecified atom stereocenters. The number of aliphatic hydroxyl groups excluding tert-OH is 1. The molecule has 1 aliphatic rings. The fourth-order valence-electron chi connectivity index (χ4n) is 1.83. The van der Waals surface area contributed by atoms with E-state index in [9.17, 15) is 9.50 Å². The number of likely N-dealkylation sites (N-methyl/N-ethyl adjacent to an activating group) is 1. The van der Waals surface area contributed by atoms with Gasteiger partial charge in [0, 0.05) is 19.2 Å². The van der Waals surface area contributed by atoms with Crippen molar-refractivity contribution in [3.63, 3.8) is 0 Å². The third-order valence-corrected chi connectivity index (χ3v) is 2.67. The van der Waals surface area contributed by atoms with Crippen molar-refractivity contribution in [1.29, 1.82) is 0 Å². The van der Waals surface area contributed by atoms with E-state index in [1.165, 1.54) is 18.2 Å². The number of hydrogen-bond acceptors (Lipinski definition) is 4. The second-order valence-electron chi connectivity index (χ2n) is 4.13. The van der Waals surface area contributed by atoms with E-state index in [0.29, 0.717) is 24.5 Å². The molecule has 88 valence electrons. The average molecular weight is 226 g/mol. The van der Waals surface area contributed by atoms with Crippen LogP contribution in [-0.4, -0.2) is 42.4 Å². The summed E-state index contributed by atoms with van der Waals surface area (Å²) in [5, 5.41) is 9.68. The molecule has 3 N–H and O–H groups in total. The molecular weight excluding hydrogens is 211 g/mol. The smallest absolute Gasteiger partial charge is 0.145 e. The maximum Gasteiger partial charge on any atom is 0.145 e.